The van der Waals surface area contributed by atoms with E-state index in [4.69, 9.17) is 32.7 Å². The number of benzene rings is 2. The Balaban J connectivity index is 2.13. The lowest BCUT2D eigenvalue weighted by Gasteiger charge is -2.11. The molecule has 0 amide bonds. The lowest BCUT2D eigenvalue weighted by atomic mass is 10.3. The fraction of sp³-hybridized carbons (Fsp3) is 0.200. The molecule has 2 aromatic rings. The van der Waals surface area contributed by atoms with Crippen molar-refractivity contribution in [1.82, 2.24) is 0 Å². The van der Waals surface area contributed by atoms with Gasteiger partial charge in [-0.15, -0.1) is 0 Å². The Morgan fingerprint density at radius 1 is 0.895 bits per heavy atom. The van der Waals surface area contributed by atoms with E-state index in [1.807, 2.05) is 38.1 Å². The van der Waals surface area contributed by atoms with Crippen LogP contribution in [-0.2, 0) is 0 Å². The summed E-state index contributed by atoms with van der Waals surface area (Å²) in [6, 6.07) is 12.5. The molecular weight excluding hydrogens is 283 g/mol. The summed E-state index contributed by atoms with van der Waals surface area (Å²) in [4.78, 5) is 0. The molecule has 0 N–H and O–H groups in total. The van der Waals surface area contributed by atoms with Crippen LogP contribution in [-0.4, -0.2) is 6.10 Å². The minimum Gasteiger partial charge on any atom is -0.491 e. The van der Waals surface area contributed by atoms with E-state index in [0.717, 1.165) is 5.75 Å². The Bertz CT molecular complexity index is 551. The fourth-order valence-corrected chi connectivity index (χ4v) is 1.86. The summed E-state index contributed by atoms with van der Waals surface area (Å²) in [5.74, 6) is 2.02. The number of hydrogen-bond donors (Lipinski definition) is 0. The van der Waals surface area contributed by atoms with Crippen LogP contribution in [0.2, 0.25) is 10.0 Å². The predicted octanol–water partition coefficient (Wildman–Crippen LogP) is 5.57. The molecule has 0 aliphatic heterocycles. The van der Waals surface area contributed by atoms with Gasteiger partial charge < -0.3 is 9.47 Å². The van der Waals surface area contributed by atoms with Gasteiger partial charge in [-0.1, -0.05) is 23.2 Å². The monoisotopic (exact) mass is 296 g/mol. The molecule has 0 bridgehead atoms. The van der Waals surface area contributed by atoms with Gasteiger partial charge in [0, 0.05) is 11.1 Å². The van der Waals surface area contributed by atoms with Gasteiger partial charge in [-0.3, -0.25) is 0 Å². The van der Waals surface area contributed by atoms with E-state index in [9.17, 15) is 0 Å². The standard InChI is InChI=1S/C15H14Cl2O2/c1-10(2)18-12-4-6-13(7-5-12)19-15-9-11(16)3-8-14(15)17/h3-10H,1-2H3. The normalized spacial score (nSPS) is 10.6. The first-order chi connectivity index (χ1) is 9.04. The van der Waals surface area contributed by atoms with Gasteiger partial charge in [0.15, 0.2) is 0 Å². The van der Waals surface area contributed by atoms with Crippen molar-refractivity contribution < 1.29 is 9.47 Å². The van der Waals surface area contributed by atoms with Gasteiger partial charge in [-0.05, 0) is 50.2 Å². The lowest BCUT2D eigenvalue weighted by molar-refractivity contribution is 0.242. The van der Waals surface area contributed by atoms with Gasteiger partial charge in [0.25, 0.3) is 0 Å². The van der Waals surface area contributed by atoms with E-state index in [2.05, 4.69) is 0 Å². The summed E-state index contributed by atoms with van der Waals surface area (Å²) in [6.07, 6.45) is 0.147. The molecule has 19 heavy (non-hydrogen) atoms. The van der Waals surface area contributed by atoms with Crippen LogP contribution in [0.25, 0.3) is 0 Å². The van der Waals surface area contributed by atoms with Gasteiger partial charge in [0.1, 0.15) is 17.2 Å². The Labute approximate surface area is 122 Å². The summed E-state index contributed by atoms with van der Waals surface area (Å²) in [5.41, 5.74) is 0. The lowest BCUT2D eigenvalue weighted by Crippen LogP contribution is -2.05. The van der Waals surface area contributed by atoms with Crippen molar-refractivity contribution in [2.45, 2.75) is 20.0 Å². The smallest absolute Gasteiger partial charge is 0.147 e. The van der Waals surface area contributed by atoms with Crippen molar-refractivity contribution in [3.63, 3.8) is 0 Å². The van der Waals surface area contributed by atoms with Crippen molar-refractivity contribution in [1.29, 1.82) is 0 Å². The molecule has 0 radical (unpaired) electrons. The highest BCUT2D eigenvalue weighted by Crippen LogP contribution is 2.32. The molecule has 2 aromatic carbocycles. The highest BCUT2D eigenvalue weighted by atomic mass is 35.5. The summed E-state index contributed by atoms with van der Waals surface area (Å²) in [6.45, 7) is 3.96. The Morgan fingerprint density at radius 2 is 1.53 bits per heavy atom. The van der Waals surface area contributed by atoms with Crippen molar-refractivity contribution >= 4 is 23.2 Å². The molecule has 4 heteroatoms. The maximum absolute atomic E-state index is 6.04. The largest absolute Gasteiger partial charge is 0.491 e. The highest BCUT2D eigenvalue weighted by molar-refractivity contribution is 6.34. The van der Waals surface area contributed by atoms with Crippen LogP contribution in [0.4, 0.5) is 0 Å². The number of halogens is 2. The molecule has 0 fully saturated rings. The van der Waals surface area contributed by atoms with Crippen LogP contribution >= 0.6 is 23.2 Å². The second-order valence-corrected chi connectivity index (χ2v) is 5.16. The first-order valence-electron chi connectivity index (χ1n) is 5.94. The topological polar surface area (TPSA) is 18.5 Å². The minimum absolute atomic E-state index is 0.147. The van der Waals surface area contributed by atoms with Crippen molar-refractivity contribution in [3.05, 3.63) is 52.5 Å². The van der Waals surface area contributed by atoms with E-state index in [0.29, 0.717) is 21.5 Å². The maximum Gasteiger partial charge on any atom is 0.147 e. The molecule has 2 rings (SSSR count). The Kier molecular flexibility index (Phi) is 4.56. The third-order valence-corrected chi connectivity index (χ3v) is 2.86. The van der Waals surface area contributed by atoms with Crippen LogP contribution < -0.4 is 9.47 Å². The number of rotatable bonds is 4. The van der Waals surface area contributed by atoms with Gasteiger partial charge >= 0.3 is 0 Å². The van der Waals surface area contributed by atoms with Crippen LogP contribution in [0, 0.1) is 0 Å². The molecule has 0 saturated heterocycles. The SMILES string of the molecule is CC(C)Oc1ccc(Oc2cc(Cl)ccc2Cl)cc1. The Hall–Kier alpha value is -1.38. The second-order valence-electron chi connectivity index (χ2n) is 4.31. The summed E-state index contributed by atoms with van der Waals surface area (Å²) in [7, 11) is 0. The van der Waals surface area contributed by atoms with Crippen molar-refractivity contribution in [2.75, 3.05) is 0 Å². The van der Waals surface area contributed by atoms with Crippen LogP contribution in [0.15, 0.2) is 42.5 Å². The number of hydrogen-bond acceptors (Lipinski definition) is 2. The molecule has 2 nitrogen and oxygen atoms in total. The summed E-state index contributed by atoms with van der Waals surface area (Å²) < 4.78 is 11.2. The van der Waals surface area contributed by atoms with E-state index in [1.54, 1.807) is 18.2 Å². The van der Waals surface area contributed by atoms with Gasteiger partial charge in [-0.2, -0.15) is 0 Å². The number of ether oxygens (including phenoxy) is 2. The highest BCUT2D eigenvalue weighted by Gasteiger charge is 2.05. The second kappa shape index (κ2) is 6.18. The summed E-state index contributed by atoms with van der Waals surface area (Å²) >= 11 is 11.9. The van der Waals surface area contributed by atoms with E-state index >= 15 is 0 Å². The van der Waals surface area contributed by atoms with Crippen LogP contribution in [0.1, 0.15) is 13.8 Å². The molecule has 0 saturated carbocycles. The average molecular weight is 297 g/mol. The zero-order chi connectivity index (χ0) is 13.8. The molecule has 0 aliphatic carbocycles. The third-order valence-electron chi connectivity index (χ3n) is 2.32. The zero-order valence-electron chi connectivity index (χ0n) is 10.7. The van der Waals surface area contributed by atoms with E-state index in [-0.39, 0.29) is 6.10 Å². The van der Waals surface area contributed by atoms with Gasteiger partial charge in [0.2, 0.25) is 0 Å². The fourth-order valence-electron chi connectivity index (χ4n) is 1.54. The molecule has 0 aromatic heterocycles. The first-order valence-corrected chi connectivity index (χ1v) is 6.70. The maximum atomic E-state index is 6.04. The molecule has 0 aliphatic rings. The predicted molar refractivity (Wildman–Crippen MR) is 78.7 cm³/mol. The minimum atomic E-state index is 0.147. The van der Waals surface area contributed by atoms with E-state index in [1.165, 1.54) is 0 Å². The van der Waals surface area contributed by atoms with Crippen LogP contribution in [0.3, 0.4) is 0 Å². The van der Waals surface area contributed by atoms with Gasteiger partial charge in [-0.25, -0.2) is 0 Å². The van der Waals surface area contributed by atoms with Crippen LogP contribution in [0.5, 0.6) is 17.2 Å². The van der Waals surface area contributed by atoms with Crippen molar-refractivity contribution in [2.24, 2.45) is 0 Å². The molecule has 0 heterocycles. The first kappa shape index (κ1) is 14.0. The molecule has 100 valence electrons. The zero-order valence-corrected chi connectivity index (χ0v) is 12.2. The molecule has 0 unspecified atom stereocenters. The Morgan fingerprint density at radius 3 is 2.16 bits per heavy atom. The van der Waals surface area contributed by atoms with Gasteiger partial charge in [0.05, 0.1) is 11.1 Å². The third kappa shape index (κ3) is 4.05. The average Bonchev–Trinajstić information content (AvgIpc) is 2.35. The molecular formula is C15H14Cl2O2. The quantitative estimate of drug-likeness (QED) is 0.734. The molecule has 0 atom stereocenters. The summed E-state index contributed by atoms with van der Waals surface area (Å²) in [5, 5.41) is 1.10. The van der Waals surface area contributed by atoms with E-state index < -0.39 is 0 Å². The van der Waals surface area contributed by atoms with Crippen molar-refractivity contribution in [3.8, 4) is 17.2 Å². The molecule has 0 spiro atoms.